The molecule has 0 saturated heterocycles. The lowest BCUT2D eigenvalue weighted by Crippen LogP contribution is -2.24. The van der Waals surface area contributed by atoms with Gasteiger partial charge in [0.2, 0.25) is 0 Å². The van der Waals surface area contributed by atoms with Gasteiger partial charge in [0.25, 0.3) is 0 Å². The maximum absolute atomic E-state index is 13.7. The number of aromatic nitrogens is 1. The Morgan fingerprint density at radius 1 is 0.591 bits per heavy atom. The van der Waals surface area contributed by atoms with Gasteiger partial charge in [-0.05, 0) is 111 Å². The number of benzene rings is 4. The first-order chi connectivity index (χ1) is 21.1. The first-order valence-electron chi connectivity index (χ1n) is 14.9. The van der Waals surface area contributed by atoms with Gasteiger partial charge in [0.05, 0.1) is 22.6 Å². The summed E-state index contributed by atoms with van der Waals surface area (Å²) in [5, 5.41) is 1.88. The van der Waals surface area contributed by atoms with Crippen molar-refractivity contribution in [2.24, 2.45) is 0 Å². The van der Waals surface area contributed by atoms with Crippen LogP contribution in [0.1, 0.15) is 54.1 Å². The molecule has 5 aromatic rings. The molecule has 0 amide bonds. The minimum absolute atomic E-state index is 0.168. The minimum Gasteiger partial charge on any atom is -0.292 e. The highest BCUT2D eigenvalue weighted by molar-refractivity contribution is 6.40. The molecule has 0 radical (unpaired) electrons. The average molecular weight is 576 g/mol. The molecule has 2 aliphatic rings. The third-order valence-corrected chi connectivity index (χ3v) is 8.66. The first-order valence-corrected chi connectivity index (χ1v) is 14.9. The molecule has 0 spiro atoms. The van der Waals surface area contributed by atoms with E-state index < -0.39 is 0 Å². The van der Waals surface area contributed by atoms with Gasteiger partial charge in [-0.1, -0.05) is 59.7 Å². The molecule has 7 rings (SSSR count). The third-order valence-electron chi connectivity index (χ3n) is 8.66. The Kier molecular flexibility index (Phi) is 6.36. The van der Waals surface area contributed by atoms with Crippen LogP contribution >= 0.6 is 0 Å². The van der Waals surface area contributed by atoms with E-state index in [9.17, 15) is 9.59 Å². The number of carbonyl (C=O) groups is 2. The summed E-state index contributed by atoms with van der Waals surface area (Å²) in [5.41, 5.74) is 11.0. The van der Waals surface area contributed by atoms with Crippen LogP contribution in [-0.4, -0.2) is 16.6 Å². The summed E-state index contributed by atoms with van der Waals surface area (Å²) >= 11 is 0. The molecule has 0 fully saturated rings. The molecule has 0 bridgehead atoms. The second-order valence-corrected chi connectivity index (χ2v) is 12.0. The van der Waals surface area contributed by atoms with Crippen molar-refractivity contribution < 1.29 is 9.59 Å². The topological polar surface area (TPSA) is 53.5 Å². The van der Waals surface area contributed by atoms with Crippen LogP contribution in [0, 0.1) is 41.5 Å². The van der Waals surface area contributed by atoms with Crippen LogP contribution in [0.2, 0.25) is 0 Å². The van der Waals surface area contributed by atoms with Gasteiger partial charge in [0, 0.05) is 17.3 Å². The summed E-state index contributed by atoms with van der Waals surface area (Å²) in [6.45, 7) is 12.7. The van der Waals surface area contributed by atoms with Gasteiger partial charge in [-0.2, -0.15) is 0 Å². The van der Waals surface area contributed by atoms with Crippen molar-refractivity contribution >= 4 is 45.2 Å². The smallest absolute Gasteiger partial charge is 0.197 e. The van der Waals surface area contributed by atoms with Crippen molar-refractivity contribution in [3.05, 3.63) is 147 Å². The number of ketones is 2. The SMILES string of the molecule is Cc1cc(C)c(N2/C(=C\C=C3C(=O)c4cc5ccccc5cc4C3=O)N(c3c(C)cc(C)cc3C)c3ncccc32)c(C)c1. The normalized spacial score (nSPS) is 15.0. The number of nitrogens with zero attached hydrogens (tertiary/aromatic N) is 3. The Balaban J connectivity index is 1.47. The summed E-state index contributed by atoms with van der Waals surface area (Å²) in [7, 11) is 0. The molecule has 1 aliphatic carbocycles. The quantitative estimate of drug-likeness (QED) is 0.159. The lowest BCUT2D eigenvalue weighted by Gasteiger charge is -2.29. The highest BCUT2D eigenvalue weighted by Gasteiger charge is 2.38. The number of Topliss-reactive ketones (excluding diaryl/α,β-unsaturated/α-hetero) is 2. The fourth-order valence-corrected chi connectivity index (χ4v) is 7.04. The molecule has 0 saturated carbocycles. The number of aryl methyl sites for hydroxylation is 6. The number of carbonyl (C=O) groups excluding carboxylic acids is 2. The number of fused-ring (bicyclic) bond motifs is 3. The summed E-state index contributed by atoms with van der Waals surface area (Å²) in [6, 6.07) is 24.2. The predicted octanol–water partition coefficient (Wildman–Crippen LogP) is 9.22. The Hall–Kier alpha value is -5.29. The van der Waals surface area contributed by atoms with Gasteiger partial charge in [0.15, 0.2) is 17.4 Å². The number of hydrogen-bond acceptors (Lipinski definition) is 5. The fourth-order valence-electron chi connectivity index (χ4n) is 7.04. The summed E-state index contributed by atoms with van der Waals surface area (Å²) < 4.78 is 0. The molecular formula is C39H33N3O2. The number of anilines is 4. The fraction of sp³-hybridized carbons (Fsp3) is 0.154. The van der Waals surface area contributed by atoms with Gasteiger partial charge >= 0.3 is 0 Å². The molecule has 0 unspecified atom stereocenters. The zero-order valence-corrected chi connectivity index (χ0v) is 25.8. The van der Waals surface area contributed by atoms with Crippen molar-refractivity contribution in [3.63, 3.8) is 0 Å². The zero-order chi connectivity index (χ0) is 30.9. The lowest BCUT2D eigenvalue weighted by molar-refractivity contribution is 0.0988. The number of hydrogen-bond donors (Lipinski definition) is 0. The average Bonchev–Trinajstić information content (AvgIpc) is 3.40. The largest absolute Gasteiger partial charge is 0.292 e. The van der Waals surface area contributed by atoms with Crippen LogP contribution in [0.25, 0.3) is 10.8 Å². The molecule has 0 atom stereocenters. The molecule has 2 heterocycles. The molecule has 0 N–H and O–H groups in total. The van der Waals surface area contributed by atoms with Crippen molar-refractivity contribution in [1.29, 1.82) is 0 Å². The van der Waals surface area contributed by atoms with E-state index in [4.69, 9.17) is 4.98 Å². The van der Waals surface area contributed by atoms with E-state index in [1.807, 2.05) is 54.7 Å². The Morgan fingerprint density at radius 3 is 1.61 bits per heavy atom. The Bertz CT molecular complexity index is 1950. The molecule has 4 aromatic carbocycles. The highest BCUT2D eigenvalue weighted by atomic mass is 16.2. The Labute approximate surface area is 257 Å². The van der Waals surface area contributed by atoms with Crippen LogP contribution in [0.5, 0.6) is 0 Å². The van der Waals surface area contributed by atoms with Crippen molar-refractivity contribution in [3.8, 4) is 0 Å². The van der Waals surface area contributed by atoms with Gasteiger partial charge in [-0.25, -0.2) is 4.98 Å². The van der Waals surface area contributed by atoms with E-state index in [-0.39, 0.29) is 17.1 Å². The summed E-state index contributed by atoms with van der Waals surface area (Å²) in [5.74, 6) is 1.11. The molecule has 1 aliphatic heterocycles. The van der Waals surface area contributed by atoms with E-state index in [0.29, 0.717) is 11.1 Å². The second kappa shape index (κ2) is 10.2. The van der Waals surface area contributed by atoms with Crippen LogP contribution in [0.3, 0.4) is 0 Å². The highest BCUT2D eigenvalue weighted by Crippen LogP contribution is 2.51. The molecule has 5 heteroatoms. The maximum atomic E-state index is 13.7. The second-order valence-electron chi connectivity index (χ2n) is 12.0. The van der Waals surface area contributed by atoms with Crippen LogP contribution in [0.15, 0.2) is 103 Å². The zero-order valence-electron chi connectivity index (χ0n) is 25.8. The van der Waals surface area contributed by atoms with Gasteiger partial charge in [0.1, 0.15) is 5.82 Å². The van der Waals surface area contributed by atoms with E-state index >= 15 is 0 Å². The van der Waals surface area contributed by atoms with Crippen LogP contribution in [-0.2, 0) is 0 Å². The lowest BCUT2D eigenvalue weighted by atomic mass is 10.0. The van der Waals surface area contributed by atoms with E-state index in [2.05, 4.69) is 81.7 Å². The summed E-state index contributed by atoms with van der Waals surface area (Å²) in [6.07, 6.45) is 5.43. The molecule has 216 valence electrons. The summed E-state index contributed by atoms with van der Waals surface area (Å²) in [4.78, 5) is 36.7. The first kappa shape index (κ1) is 27.5. The molecule has 5 nitrogen and oxygen atoms in total. The van der Waals surface area contributed by atoms with Gasteiger partial charge in [-0.3, -0.25) is 19.4 Å². The third kappa shape index (κ3) is 4.19. The standard InChI is InChI=1S/C39H33N3O2/c1-22-16-24(3)35(25(4)17-22)41-33-12-9-15-40-39(33)42(36-26(5)18-23(2)19-27(36)6)34(41)14-13-30-37(43)31-20-28-10-7-8-11-29(28)21-32(31)38(30)44/h7-21H,1-6H3/b34-14+. The Morgan fingerprint density at radius 2 is 1.09 bits per heavy atom. The van der Waals surface area contributed by atoms with Crippen molar-refractivity contribution in [2.45, 2.75) is 41.5 Å². The monoisotopic (exact) mass is 575 g/mol. The predicted molar refractivity (Wildman–Crippen MR) is 179 cm³/mol. The molecule has 1 aromatic heterocycles. The number of allylic oxidation sites excluding steroid dienone is 3. The maximum Gasteiger partial charge on any atom is 0.197 e. The van der Waals surface area contributed by atoms with Crippen LogP contribution < -0.4 is 9.80 Å². The number of pyridine rings is 1. The molecular weight excluding hydrogens is 542 g/mol. The number of rotatable bonds is 3. The van der Waals surface area contributed by atoms with Crippen LogP contribution in [0.4, 0.5) is 22.9 Å². The van der Waals surface area contributed by atoms with E-state index in [1.54, 1.807) is 6.08 Å². The van der Waals surface area contributed by atoms with Gasteiger partial charge < -0.3 is 0 Å². The van der Waals surface area contributed by atoms with Gasteiger partial charge in [-0.15, -0.1) is 0 Å². The van der Waals surface area contributed by atoms with Crippen molar-refractivity contribution in [1.82, 2.24) is 4.98 Å². The minimum atomic E-state index is -0.246. The molecule has 44 heavy (non-hydrogen) atoms. The van der Waals surface area contributed by atoms with E-state index in [0.717, 1.165) is 61.7 Å². The van der Waals surface area contributed by atoms with Crippen molar-refractivity contribution in [2.75, 3.05) is 9.80 Å². The van der Waals surface area contributed by atoms with E-state index in [1.165, 1.54) is 11.1 Å².